The summed E-state index contributed by atoms with van der Waals surface area (Å²) in [6.07, 6.45) is 10.4. The van der Waals surface area contributed by atoms with E-state index in [1.54, 1.807) is 4.90 Å². The Morgan fingerprint density at radius 3 is 1.88 bits per heavy atom. The molecule has 0 aromatic carbocycles. The van der Waals surface area contributed by atoms with Crippen molar-refractivity contribution in [2.45, 2.75) is 105 Å². The molecule has 192 valence electrons. The van der Waals surface area contributed by atoms with Crippen LogP contribution in [0.2, 0.25) is 0 Å². The Morgan fingerprint density at radius 1 is 0.879 bits per heavy atom. The first-order valence-electron chi connectivity index (χ1n) is 12.9. The first-order chi connectivity index (χ1) is 15.5. The molecule has 1 heterocycles. The summed E-state index contributed by atoms with van der Waals surface area (Å²) < 4.78 is 5.80. The molecule has 0 bridgehead atoms. The Balaban J connectivity index is 2.04. The molecule has 0 saturated carbocycles. The van der Waals surface area contributed by atoms with Gasteiger partial charge in [0, 0.05) is 32.7 Å². The predicted molar refractivity (Wildman–Crippen MR) is 131 cm³/mol. The standard InChI is InChI=1S/C26H48N2O5/c1-6-27-21-22(29)28(24(27)32)18-12-17-26(4,5)15-8-10-20-33-19-9-7-14-25(2,3)16-11-13-23(30)31/h6-21H2,1-5H3,(H,30,31). The third-order valence-corrected chi connectivity index (χ3v) is 6.77. The molecule has 0 spiro atoms. The zero-order chi connectivity index (χ0) is 24.9. The van der Waals surface area contributed by atoms with Gasteiger partial charge < -0.3 is 14.7 Å². The highest BCUT2D eigenvalue weighted by Gasteiger charge is 2.34. The number of carboxylic acids is 1. The van der Waals surface area contributed by atoms with Gasteiger partial charge in [0.1, 0.15) is 6.54 Å². The Labute approximate surface area is 201 Å². The van der Waals surface area contributed by atoms with Crippen LogP contribution in [-0.2, 0) is 14.3 Å². The van der Waals surface area contributed by atoms with Crippen molar-refractivity contribution < 1.29 is 24.2 Å². The number of amides is 3. The van der Waals surface area contributed by atoms with Gasteiger partial charge >= 0.3 is 12.0 Å². The van der Waals surface area contributed by atoms with Crippen molar-refractivity contribution in [3.8, 4) is 0 Å². The number of likely N-dealkylation sites (N-methyl/N-ethyl adjacent to an activating group) is 1. The number of carbonyl (C=O) groups excluding carboxylic acids is 2. The second-order valence-electron chi connectivity index (χ2n) is 11.0. The van der Waals surface area contributed by atoms with Gasteiger partial charge in [-0.1, -0.05) is 40.5 Å². The maximum Gasteiger partial charge on any atom is 0.327 e. The number of urea groups is 1. The molecule has 1 rings (SSSR count). The molecule has 1 aliphatic rings. The minimum absolute atomic E-state index is 0.0708. The van der Waals surface area contributed by atoms with Crippen LogP contribution in [0.4, 0.5) is 4.79 Å². The highest BCUT2D eigenvalue weighted by Crippen LogP contribution is 2.30. The van der Waals surface area contributed by atoms with E-state index < -0.39 is 5.97 Å². The maximum atomic E-state index is 12.2. The SMILES string of the molecule is CCN1CC(=O)N(CCCC(C)(C)CCCCOCCCCC(C)(C)CCCC(=O)O)C1=O. The van der Waals surface area contributed by atoms with Crippen molar-refractivity contribution >= 4 is 17.9 Å². The Kier molecular flexibility index (Phi) is 13.0. The molecular weight excluding hydrogens is 420 g/mol. The zero-order valence-corrected chi connectivity index (χ0v) is 21.8. The van der Waals surface area contributed by atoms with Crippen LogP contribution in [0.25, 0.3) is 0 Å². The number of hydrogen-bond donors (Lipinski definition) is 1. The summed E-state index contributed by atoms with van der Waals surface area (Å²) in [7, 11) is 0. The Bertz CT molecular complexity index is 618. The number of unbranched alkanes of at least 4 members (excludes halogenated alkanes) is 2. The third kappa shape index (κ3) is 12.4. The van der Waals surface area contributed by atoms with E-state index in [2.05, 4.69) is 27.7 Å². The number of hydrogen-bond acceptors (Lipinski definition) is 4. The fraction of sp³-hybridized carbons (Fsp3) is 0.885. The van der Waals surface area contributed by atoms with Gasteiger partial charge in [0.05, 0.1) is 0 Å². The molecule has 0 aliphatic carbocycles. The molecule has 0 aromatic rings. The predicted octanol–water partition coefficient (Wildman–Crippen LogP) is 5.72. The molecule has 33 heavy (non-hydrogen) atoms. The highest BCUT2D eigenvalue weighted by atomic mass is 16.5. The van der Waals surface area contributed by atoms with Crippen molar-refractivity contribution in [2.75, 3.05) is 32.8 Å². The molecule has 0 aromatic heterocycles. The van der Waals surface area contributed by atoms with Gasteiger partial charge in [-0.3, -0.25) is 14.5 Å². The molecule has 7 nitrogen and oxygen atoms in total. The molecule has 3 amide bonds. The fourth-order valence-corrected chi connectivity index (χ4v) is 4.46. The van der Waals surface area contributed by atoms with Crippen molar-refractivity contribution in [2.24, 2.45) is 10.8 Å². The molecule has 1 N–H and O–H groups in total. The monoisotopic (exact) mass is 468 g/mol. The van der Waals surface area contributed by atoms with Crippen LogP contribution in [0.15, 0.2) is 0 Å². The van der Waals surface area contributed by atoms with Crippen LogP contribution in [0.5, 0.6) is 0 Å². The number of ether oxygens (including phenoxy) is 1. The smallest absolute Gasteiger partial charge is 0.327 e. The van der Waals surface area contributed by atoms with Gasteiger partial charge in [0.2, 0.25) is 5.91 Å². The Hall–Kier alpha value is -1.63. The minimum atomic E-state index is -0.707. The van der Waals surface area contributed by atoms with Gasteiger partial charge in [-0.25, -0.2) is 4.79 Å². The zero-order valence-electron chi connectivity index (χ0n) is 21.8. The molecule has 0 atom stereocenters. The van der Waals surface area contributed by atoms with Crippen molar-refractivity contribution in [1.82, 2.24) is 9.80 Å². The average Bonchev–Trinajstić information content (AvgIpc) is 2.99. The number of carbonyl (C=O) groups is 3. The Morgan fingerprint density at radius 2 is 1.39 bits per heavy atom. The van der Waals surface area contributed by atoms with E-state index in [4.69, 9.17) is 9.84 Å². The van der Waals surface area contributed by atoms with Gasteiger partial charge in [-0.05, 0) is 69.1 Å². The first-order valence-corrected chi connectivity index (χ1v) is 12.9. The number of imide groups is 1. The highest BCUT2D eigenvalue weighted by molar-refractivity contribution is 6.01. The summed E-state index contributed by atoms with van der Waals surface area (Å²) >= 11 is 0. The number of carboxylic acid groups (broad SMARTS) is 1. The summed E-state index contributed by atoms with van der Waals surface area (Å²) in [6.45, 7) is 13.8. The van der Waals surface area contributed by atoms with Crippen LogP contribution in [0.3, 0.4) is 0 Å². The fourth-order valence-electron chi connectivity index (χ4n) is 4.46. The van der Waals surface area contributed by atoms with Gasteiger partial charge in [-0.15, -0.1) is 0 Å². The maximum absolute atomic E-state index is 12.2. The van der Waals surface area contributed by atoms with E-state index in [-0.39, 0.29) is 35.7 Å². The first kappa shape index (κ1) is 29.4. The summed E-state index contributed by atoms with van der Waals surface area (Å²) in [5.41, 5.74) is 0.397. The van der Waals surface area contributed by atoms with Crippen molar-refractivity contribution in [3.05, 3.63) is 0 Å². The quantitative estimate of drug-likeness (QED) is 0.194. The van der Waals surface area contributed by atoms with Gasteiger partial charge in [0.15, 0.2) is 0 Å². The van der Waals surface area contributed by atoms with Crippen LogP contribution in [0.1, 0.15) is 105 Å². The average molecular weight is 469 g/mol. The van der Waals surface area contributed by atoms with Crippen molar-refractivity contribution in [1.29, 1.82) is 0 Å². The number of rotatable bonds is 19. The normalized spacial score (nSPS) is 15.1. The van der Waals surface area contributed by atoms with Crippen LogP contribution >= 0.6 is 0 Å². The topological polar surface area (TPSA) is 87.2 Å². The van der Waals surface area contributed by atoms with E-state index in [9.17, 15) is 14.4 Å². The largest absolute Gasteiger partial charge is 0.481 e. The van der Waals surface area contributed by atoms with Crippen LogP contribution in [-0.4, -0.2) is 65.7 Å². The number of aliphatic carboxylic acids is 1. The van der Waals surface area contributed by atoms with E-state index in [1.165, 1.54) is 4.90 Å². The third-order valence-electron chi connectivity index (χ3n) is 6.77. The lowest BCUT2D eigenvalue weighted by Crippen LogP contribution is -2.34. The van der Waals surface area contributed by atoms with Gasteiger partial charge in [0.25, 0.3) is 0 Å². The summed E-state index contributed by atoms with van der Waals surface area (Å²) in [6, 6.07) is -0.140. The lowest BCUT2D eigenvalue weighted by Gasteiger charge is -2.25. The van der Waals surface area contributed by atoms with Crippen LogP contribution in [0, 0.1) is 10.8 Å². The minimum Gasteiger partial charge on any atom is -0.481 e. The molecule has 7 heteroatoms. The van der Waals surface area contributed by atoms with E-state index >= 15 is 0 Å². The van der Waals surface area contributed by atoms with Gasteiger partial charge in [-0.2, -0.15) is 0 Å². The molecule has 1 aliphatic heterocycles. The van der Waals surface area contributed by atoms with E-state index in [1.807, 2.05) is 6.92 Å². The summed E-state index contributed by atoms with van der Waals surface area (Å²) in [5.74, 6) is -0.778. The molecule has 0 unspecified atom stereocenters. The second kappa shape index (κ2) is 14.6. The lowest BCUT2D eigenvalue weighted by atomic mass is 9.82. The summed E-state index contributed by atoms with van der Waals surface area (Å²) in [4.78, 5) is 37.8. The second-order valence-corrected chi connectivity index (χ2v) is 11.0. The number of nitrogens with zero attached hydrogens (tertiary/aromatic N) is 2. The van der Waals surface area contributed by atoms with E-state index in [0.717, 1.165) is 77.4 Å². The molecule has 1 fully saturated rings. The van der Waals surface area contributed by atoms with Crippen molar-refractivity contribution in [3.63, 3.8) is 0 Å². The molecule has 1 saturated heterocycles. The molecular formula is C26H48N2O5. The lowest BCUT2D eigenvalue weighted by molar-refractivity contribution is -0.137. The van der Waals surface area contributed by atoms with Crippen LogP contribution < -0.4 is 0 Å². The molecule has 0 radical (unpaired) electrons. The van der Waals surface area contributed by atoms with E-state index in [0.29, 0.717) is 13.1 Å². The summed E-state index contributed by atoms with van der Waals surface area (Å²) in [5, 5.41) is 8.76.